The Morgan fingerprint density at radius 1 is 1.29 bits per heavy atom. The van der Waals surface area contributed by atoms with Crippen LogP contribution in [-0.4, -0.2) is 6.41 Å². The minimum Gasteiger partial charge on any atom is -0.349 e. The van der Waals surface area contributed by atoms with E-state index in [0.717, 1.165) is 29.8 Å². The van der Waals surface area contributed by atoms with Crippen LogP contribution >= 0.6 is 11.6 Å². The summed E-state index contributed by atoms with van der Waals surface area (Å²) in [6.45, 7) is 0. The molecule has 1 aliphatic carbocycles. The van der Waals surface area contributed by atoms with E-state index in [1.165, 1.54) is 6.42 Å². The number of rotatable bonds is 3. The van der Waals surface area contributed by atoms with Crippen molar-refractivity contribution >= 4 is 18.0 Å². The molecule has 2 rings (SSSR count). The fourth-order valence-corrected chi connectivity index (χ4v) is 2.05. The minimum atomic E-state index is -0.119. The van der Waals surface area contributed by atoms with Gasteiger partial charge in [0.2, 0.25) is 6.41 Å². The highest BCUT2D eigenvalue weighted by Gasteiger charge is 2.37. The van der Waals surface area contributed by atoms with Crippen molar-refractivity contribution in [3.8, 4) is 0 Å². The molecule has 0 aliphatic heterocycles. The minimum absolute atomic E-state index is 0.119. The molecule has 14 heavy (non-hydrogen) atoms. The molecule has 0 unspecified atom stereocenters. The van der Waals surface area contributed by atoms with E-state index >= 15 is 0 Å². The highest BCUT2D eigenvalue weighted by Crippen LogP contribution is 2.40. The summed E-state index contributed by atoms with van der Waals surface area (Å²) in [4.78, 5) is 10.5. The molecule has 74 valence electrons. The molecule has 0 bridgehead atoms. The zero-order chi connectivity index (χ0) is 10.0. The molecule has 2 nitrogen and oxygen atoms in total. The molecular weight excluding hydrogens is 198 g/mol. The van der Waals surface area contributed by atoms with E-state index in [0.29, 0.717) is 0 Å². The van der Waals surface area contributed by atoms with Crippen molar-refractivity contribution in [3.63, 3.8) is 0 Å². The van der Waals surface area contributed by atoms with Crippen LogP contribution in [-0.2, 0) is 10.3 Å². The number of amides is 1. The largest absolute Gasteiger partial charge is 0.349 e. The molecule has 1 amide bonds. The van der Waals surface area contributed by atoms with Crippen molar-refractivity contribution in [1.29, 1.82) is 0 Å². The van der Waals surface area contributed by atoms with Gasteiger partial charge in [-0.05, 0) is 37.0 Å². The Morgan fingerprint density at radius 2 is 1.93 bits per heavy atom. The van der Waals surface area contributed by atoms with Gasteiger partial charge in [0.25, 0.3) is 0 Å². The SMILES string of the molecule is O=CNC1(c2ccc(Cl)cc2)CCC1. The van der Waals surface area contributed by atoms with Gasteiger partial charge >= 0.3 is 0 Å². The van der Waals surface area contributed by atoms with Gasteiger partial charge in [0.05, 0.1) is 5.54 Å². The molecule has 1 fully saturated rings. The van der Waals surface area contributed by atoms with Gasteiger partial charge in [0, 0.05) is 5.02 Å². The zero-order valence-electron chi connectivity index (χ0n) is 7.79. The van der Waals surface area contributed by atoms with E-state index < -0.39 is 0 Å². The standard InChI is InChI=1S/C11H12ClNO/c12-10-4-2-9(3-5-10)11(13-8-14)6-1-7-11/h2-5,8H,1,6-7H2,(H,13,14). The highest BCUT2D eigenvalue weighted by atomic mass is 35.5. The topological polar surface area (TPSA) is 29.1 Å². The van der Waals surface area contributed by atoms with E-state index in [2.05, 4.69) is 5.32 Å². The molecule has 0 atom stereocenters. The van der Waals surface area contributed by atoms with Gasteiger partial charge in [-0.1, -0.05) is 23.7 Å². The van der Waals surface area contributed by atoms with Crippen LogP contribution in [0.5, 0.6) is 0 Å². The van der Waals surface area contributed by atoms with Gasteiger partial charge in [0.1, 0.15) is 0 Å². The van der Waals surface area contributed by atoms with Crippen LogP contribution < -0.4 is 5.32 Å². The van der Waals surface area contributed by atoms with Crippen molar-refractivity contribution in [2.24, 2.45) is 0 Å². The predicted molar refractivity (Wildman–Crippen MR) is 56.2 cm³/mol. The summed E-state index contributed by atoms with van der Waals surface area (Å²) < 4.78 is 0. The highest BCUT2D eigenvalue weighted by molar-refractivity contribution is 6.30. The fraction of sp³-hybridized carbons (Fsp3) is 0.364. The Balaban J connectivity index is 2.27. The van der Waals surface area contributed by atoms with Crippen LogP contribution in [0.3, 0.4) is 0 Å². The molecular formula is C11H12ClNO. The first-order valence-corrected chi connectivity index (χ1v) is 5.12. The smallest absolute Gasteiger partial charge is 0.207 e. The van der Waals surface area contributed by atoms with E-state index in [1.54, 1.807) is 0 Å². The van der Waals surface area contributed by atoms with Gasteiger partial charge in [-0.2, -0.15) is 0 Å². The lowest BCUT2D eigenvalue weighted by atomic mass is 9.72. The van der Waals surface area contributed by atoms with Crippen LogP contribution in [0.2, 0.25) is 5.02 Å². The monoisotopic (exact) mass is 209 g/mol. The van der Waals surface area contributed by atoms with E-state index in [-0.39, 0.29) is 5.54 Å². The van der Waals surface area contributed by atoms with Crippen LogP contribution in [0.4, 0.5) is 0 Å². The molecule has 3 heteroatoms. The number of benzene rings is 1. The van der Waals surface area contributed by atoms with Gasteiger partial charge < -0.3 is 5.32 Å². The van der Waals surface area contributed by atoms with Crippen molar-refractivity contribution < 1.29 is 4.79 Å². The first-order chi connectivity index (χ1) is 6.77. The van der Waals surface area contributed by atoms with Crippen molar-refractivity contribution in [3.05, 3.63) is 34.9 Å². The van der Waals surface area contributed by atoms with Gasteiger partial charge in [-0.15, -0.1) is 0 Å². The van der Waals surface area contributed by atoms with Crippen molar-refractivity contribution in [2.45, 2.75) is 24.8 Å². The molecule has 0 radical (unpaired) electrons. The number of carbonyl (C=O) groups excluding carboxylic acids is 1. The molecule has 0 aromatic heterocycles. The Morgan fingerprint density at radius 3 is 2.36 bits per heavy atom. The second-order valence-corrected chi connectivity index (χ2v) is 4.14. The van der Waals surface area contributed by atoms with E-state index in [9.17, 15) is 4.79 Å². The van der Waals surface area contributed by atoms with E-state index in [4.69, 9.17) is 11.6 Å². The number of nitrogens with one attached hydrogen (secondary N) is 1. The van der Waals surface area contributed by atoms with Crippen LogP contribution in [0, 0.1) is 0 Å². The number of carbonyl (C=O) groups is 1. The third kappa shape index (κ3) is 1.50. The Bertz CT molecular complexity index is 330. The fourth-order valence-electron chi connectivity index (χ4n) is 1.93. The molecule has 1 N–H and O–H groups in total. The van der Waals surface area contributed by atoms with Crippen LogP contribution in [0.1, 0.15) is 24.8 Å². The average molecular weight is 210 g/mol. The van der Waals surface area contributed by atoms with Gasteiger partial charge in [0.15, 0.2) is 0 Å². The Hall–Kier alpha value is -1.02. The summed E-state index contributed by atoms with van der Waals surface area (Å²) in [5, 5.41) is 3.64. The number of hydrogen-bond acceptors (Lipinski definition) is 1. The van der Waals surface area contributed by atoms with Crippen molar-refractivity contribution in [2.75, 3.05) is 0 Å². The second-order valence-electron chi connectivity index (χ2n) is 3.70. The van der Waals surface area contributed by atoms with Gasteiger partial charge in [-0.3, -0.25) is 4.79 Å². The summed E-state index contributed by atoms with van der Waals surface area (Å²) >= 11 is 5.81. The molecule has 1 aromatic rings. The van der Waals surface area contributed by atoms with Crippen LogP contribution in [0.25, 0.3) is 0 Å². The maximum absolute atomic E-state index is 10.5. The lowest BCUT2D eigenvalue weighted by Crippen LogP contribution is -2.47. The third-order valence-electron chi connectivity index (χ3n) is 2.94. The summed E-state index contributed by atoms with van der Waals surface area (Å²) in [5.74, 6) is 0. The predicted octanol–water partition coefficient (Wildman–Crippen LogP) is 2.47. The third-order valence-corrected chi connectivity index (χ3v) is 3.19. The average Bonchev–Trinajstić information content (AvgIpc) is 2.13. The zero-order valence-corrected chi connectivity index (χ0v) is 8.55. The maximum Gasteiger partial charge on any atom is 0.207 e. The Kier molecular flexibility index (Phi) is 2.46. The number of halogens is 1. The normalized spacial score (nSPS) is 18.4. The van der Waals surface area contributed by atoms with E-state index in [1.807, 2.05) is 24.3 Å². The molecule has 1 saturated carbocycles. The number of hydrogen-bond donors (Lipinski definition) is 1. The lowest BCUT2D eigenvalue weighted by molar-refractivity contribution is -0.112. The Labute approximate surface area is 88.3 Å². The molecule has 0 heterocycles. The molecule has 1 aliphatic rings. The quantitative estimate of drug-likeness (QED) is 0.762. The summed E-state index contributed by atoms with van der Waals surface area (Å²) in [7, 11) is 0. The summed E-state index contributed by atoms with van der Waals surface area (Å²) in [5.41, 5.74) is 1.03. The molecule has 1 aromatic carbocycles. The second kappa shape index (κ2) is 3.62. The summed E-state index contributed by atoms with van der Waals surface area (Å²) in [6, 6.07) is 7.70. The summed E-state index contributed by atoms with van der Waals surface area (Å²) in [6.07, 6.45) is 4.00. The first-order valence-electron chi connectivity index (χ1n) is 4.74. The molecule has 0 saturated heterocycles. The van der Waals surface area contributed by atoms with Crippen molar-refractivity contribution in [1.82, 2.24) is 5.32 Å². The maximum atomic E-state index is 10.5. The lowest BCUT2D eigenvalue weighted by Gasteiger charge is -2.42. The van der Waals surface area contributed by atoms with Crippen LogP contribution in [0.15, 0.2) is 24.3 Å². The first kappa shape index (κ1) is 9.53. The van der Waals surface area contributed by atoms with Gasteiger partial charge in [-0.25, -0.2) is 0 Å². The molecule has 0 spiro atoms.